The Kier molecular flexibility index (Phi) is 9.51. The number of benzene rings is 3. The van der Waals surface area contributed by atoms with Gasteiger partial charge in [0.1, 0.15) is 11.4 Å². The van der Waals surface area contributed by atoms with E-state index in [0.717, 1.165) is 22.1 Å². The molecule has 2 fully saturated rings. The largest absolute Gasteiger partial charge is 0.307 e. The molecule has 2 aromatic heterocycles. The van der Waals surface area contributed by atoms with Gasteiger partial charge in [-0.05, 0) is 98.9 Å². The molecular formula is C42H46N4O2. The molecule has 2 aliphatic rings. The van der Waals surface area contributed by atoms with Crippen LogP contribution in [0.1, 0.15) is 122 Å². The first-order valence-corrected chi connectivity index (χ1v) is 18.1. The Balaban J connectivity index is 1.16. The van der Waals surface area contributed by atoms with E-state index in [0.29, 0.717) is 47.3 Å². The average molecular weight is 639 g/mol. The average Bonchev–Trinajstić information content (AvgIpc) is 3.16. The van der Waals surface area contributed by atoms with Crippen LogP contribution in [0.15, 0.2) is 84.9 Å². The highest BCUT2D eigenvalue weighted by molar-refractivity contribution is 6.10. The number of rotatable bonds is 8. The van der Waals surface area contributed by atoms with Crippen molar-refractivity contribution >= 4 is 45.0 Å². The summed E-state index contributed by atoms with van der Waals surface area (Å²) in [5, 5.41) is 1.75. The molecule has 7 rings (SSSR count). The molecule has 0 atom stereocenters. The maximum absolute atomic E-state index is 13.9. The summed E-state index contributed by atoms with van der Waals surface area (Å²) < 4.78 is 0. The second kappa shape index (κ2) is 14.3. The molecule has 0 spiro atoms. The van der Waals surface area contributed by atoms with Gasteiger partial charge >= 0.3 is 0 Å². The van der Waals surface area contributed by atoms with Gasteiger partial charge in [0.2, 0.25) is 0 Å². The molecule has 6 heteroatoms. The Morgan fingerprint density at radius 1 is 0.521 bits per heavy atom. The summed E-state index contributed by atoms with van der Waals surface area (Å²) in [6.07, 6.45) is 12.8. The Morgan fingerprint density at radius 3 is 1.23 bits per heavy atom. The van der Waals surface area contributed by atoms with Crippen LogP contribution in [0.5, 0.6) is 0 Å². The third-order valence-corrected chi connectivity index (χ3v) is 10.6. The van der Waals surface area contributed by atoms with E-state index < -0.39 is 0 Å². The lowest BCUT2D eigenvalue weighted by Crippen LogP contribution is -2.31. The molecule has 2 heterocycles. The highest BCUT2D eigenvalue weighted by Gasteiger charge is 2.23. The molecule has 3 aromatic carbocycles. The van der Waals surface area contributed by atoms with E-state index in [1.54, 1.807) is 21.9 Å². The van der Waals surface area contributed by atoms with Crippen LogP contribution >= 0.6 is 0 Å². The molecular weight excluding hydrogens is 592 g/mol. The molecule has 0 radical (unpaired) electrons. The normalized spacial score (nSPS) is 15.9. The van der Waals surface area contributed by atoms with Crippen LogP contribution in [0.2, 0.25) is 0 Å². The van der Waals surface area contributed by atoms with E-state index in [2.05, 4.69) is 48.5 Å². The van der Waals surface area contributed by atoms with Crippen molar-refractivity contribution in [3.05, 3.63) is 107 Å². The SMILES string of the molecule is CCN(C(=O)c1ccc2ccc3ccc(C(=O)N(CC)c4ccc(C5CCCCC5)cc4)nc3c2n1)c1ccc(C2CCCCC2)cc1. The number of amides is 2. The lowest BCUT2D eigenvalue weighted by atomic mass is 9.84. The molecule has 0 saturated heterocycles. The summed E-state index contributed by atoms with van der Waals surface area (Å²) >= 11 is 0. The molecule has 2 amide bonds. The number of hydrogen-bond acceptors (Lipinski definition) is 4. The number of pyridine rings is 2. The molecule has 0 N–H and O–H groups in total. The summed E-state index contributed by atoms with van der Waals surface area (Å²) in [6, 6.07) is 28.5. The fraction of sp³-hybridized carbons (Fsp3) is 0.381. The fourth-order valence-corrected chi connectivity index (χ4v) is 7.89. The first-order chi connectivity index (χ1) is 23.5. The highest BCUT2D eigenvalue weighted by atomic mass is 16.2. The van der Waals surface area contributed by atoms with Crippen molar-refractivity contribution in [3.8, 4) is 0 Å². The second-order valence-electron chi connectivity index (χ2n) is 13.6. The minimum Gasteiger partial charge on any atom is -0.307 e. The van der Waals surface area contributed by atoms with Crippen molar-refractivity contribution in [3.63, 3.8) is 0 Å². The quantitative estimate of drug-likeness (QED) is 0.159. The number of nitrogens with zero attached hydrogens (tertiary/aromatic N) is 4. The van der Waals surface area contributed by atoms with Crippen molar-refractivity contribution in [2.24, 2.45) is 0 Å². The van der Waals surface area contributed by atoms with E-state index in [-0.39, 0.29) is 11.8 Å². The van der Waals surface area contributed by atoms with Gasteiger partial charge in [-0.25, -0.2) is 9.97 Å². The number of fused-ring (bicyclic) bond motifs is 3. The van der Waals surface area contributed by atoms with Gasteiger partial charge in [-0.1, -0.05) is 87.1 Å². The molecule has 0 aliphatic heterocycles. The second-order valence-corrected chi connectivity index (χ2v) is 13.6. The summed E-state index contributed by atoms with van der Waals surface area (Å²) in [5.41, 5.74) is 6.45. The zero-order valence-corrected chi connectivity index (χ0v) is 28.3. The molecule has 2 aliphatic carbocycles. The first-order valence-electron chi connectivity index (χ1n) is 18.1. The van der Waals surface area contributed by atoms with Crippen LogP contribution in [0.25, 0.3) is 21.8 Å². The number of hydrogen-bond donors (Lipinski definition) is 0. The van der Waals surface area contributed by atoms with Gasteiger partial charge in [-0.2, -0.15) is 0 Å². The van der Waals surface area contributed by atoms with Crippen molar-refractivity contribution in [2.45, 2.75) is 89.9 Å². The van der Waals surface area contributed by atoms with Gasteiger partial charge in [0.25, 0.3) is 11.8 Å². The molecule has 6 nitrogen and oxygen atoms in total. The smallest absolute Gasteiger partial charge is 0.276 e. The standard InChI is InChI=1S/C42H46N4O2/c1-3-45(35-23-17-31(18-24-35)29-11-7-5-8-12-29)41(47)37-27-21-33-15-16-34-22-28-38(44-40(34)39(33)43-37)42(48)46(4-2)36-25-19-32(20-26-36)30-13-9-6-10-14-30/h15-30H,3-14H2,1-2H3. The predicted octanol–water partition coefficient (Wildman–Crippen LogP) is 10.2. The third-order valence-electron chi connectivity index (χ3n) is 10.6. The molecule has 0 bridgehead atoms. The zero-order chi connectivity index (χ0) is 33.0. The van der Waals surface area contributed by atoms with Crippen molar-refractivity contribution < 1.29 is 9.59 Å². The van der Waals surface area contributed by atoms with Crippen LogP contribution in [0.3, 0.4) is 0 Å². The maximum Gasteiger partial charge on any atom is 0.276 e. The topological polar surface area (TPSA) is 66.4 Å². The molecule has 48 heavy (non-hydrogen) atoms. The predicted molar refractivity (Wildman–Crippen MR) is 196 cm³/mol. The van der Waals surface area contributed by atoms with Gasteiger partial charge in [0.15, 0.2) is 0 Å². The molecule has 0 unspecified atom stereocenters. The van der Waals surface area contributed by atoms with Crippen LogP contribution in [-0.4, -0.2) is 34.9 Å². The number of carbonyl (C=O) groups is 2. The Hall–Kier alpha value is -4.58. The highest BCUT2D eigenvalue weighted by Crippen LogP contribution is 2.35. The third kappa shape index (κ3) is 6.45. The lowest BCUT2D eigenvalue weighted by molar-refractivity contribution is 0.0976. The van der Waals surface area contributed by atoms with E-state index in [1.165, 1.54) is 75.3 Å². The maximum atomic E-state index is 13.9. The van der Waals surface area contributed by atoms with Gasteiger partial charge in [-0.3, -0.25) is 9.59 Å². The van der Waals surface area contributed by atoms with Gasteiger partial charge in [-0.15, -0.1) is 0 Å². The number of anilines is 2. The van der Waals surface area contributed by atoms with Gasteiger partial charge in [0.05, 0.1) is 11.0 Å². The summed E-state index contributed by atoms with van der Waals surface area (Å²) in [7, 11) is 0. The summed E-state index contributed by atoms with van der Waals surface area (Å²) in [6.45, 7) is 5.04. The van der Waals surface area contributed by atoms with Crippen LogP contribution in [0, 0.1) is 0 Å². The Morgan fingerprint density at radius 2 is 0.875 bits per heavy atom. The zero-order valence-electron chi connectivity index (χ0n) is 28.3. The minimum absolute atomic E-state index is 0.150. The van der Waals surface area contributed by atoms with Crippen molar-refractivity contribution in [1.82, 2.24) is 9.97 Å². The molecule has 246 valence electrons. The van der Waals surface area contributed by atoms with Crippen molar-refractivity contribution in [2.75, 3.05) is 22.9 Å². The fourth-order valence-electron chi connectivity index (χ4n) is 7.89. The first kappa shape index (κ1) is 32.0. The monoisotopic (exact) mass is 638 g/mol. The Labute approximate surface area is 284 Å². The van der Waals surface area contributed by atoms with Crippen molar-refractivity contribution in [1.29, 1.82) is 0 Å². The van der Waals surface area contributed by atoms with E-state index in [1.807, 2.05) is 38.1 Å². The van der Waals surface area contributed by atoms with E-state index >= 15 is 0 Å². The van der Waals surface area contributed by atoms with Gasteiger partial charge in [0, 0.05) is 35.2 Å². The molecule has 2 saturated carbocycles. The molecule has 5 aromatic rings. The Bertz CT molecular complexity index is 1770. The number of aromatic nitrogens is 2. The van der Waals surface area contributed by atoms with Gasteiger partial charge < -0.3 is 9.80 Å². The summed E-state index contributed by atoms with van der Waals surface area (Å²) in [5.74, 6) is 0.940. The minimum atomic E-state index is -0.150. The van der Waals surface area contributed by atoms with Crippen LogP contribution < -0.4 is 9.80 Å². The van der Waals surface area contributed by atoms with Crippen LogP contribution in [-0.2, 0) is 0 Å². The van der Waals surface area contributed by atoms with Crippen LogP contribution in [0.4, 0.5) is 11.4 Å². The number of carbonyl (C=O) groups excluding carboxylic acids is 2. The lowest BCUT2D eigenvalue weighted by Gasteiger charge is -2.24. The van der Waals surface area contributed by atoms with E-state index in [9.17, 15) is 9.59 Å². The summed E-state index contributed by atoms with van der Waals surface area (Å²) in [4.78, 5) is 41.2. The van der Waals surface area contributed by atoms with E-state index in [4.69, 9.17) is 9.97 Å².